The summed E-state index contributed by atoms with van der Waals surface area (Å²) >= 11 is 0. The zero-order chi connectivity index (χ0) is 16.6. The zero-order valence-electron chi connectivity index (χ0n) is 13.0. The molecule has 0 bridgehead atoms. The number of rotatable bonds is 8. The van der Waals surface area contributed by atoms with Gasteiger partial charge in [0, 0.05) is 0 Å². The van der Waals surface area contributed by atoms with Gasteiger partial charge in [-0.3, -0.25) is 4.79 Å². The number of hydrogen-bond donors (Lipinski definition) is 3. The Balaban J connectivity index is 4.18. The number of unbranched alkanes of at least 4 members (excludes halogenated alkanes) is 1. The molecule has 0 rings (SSSR count). The van der Waals surface area contributed by atoms with E-state index in [0.717, 1.165) is 0 Å². The van der Waals surface area contributed by atoms with Gasteiger partial charge in [0.2, 0.25) is 0 Å². The van der Waals surface area contributed by atoms with E-state index in [0.29, 0.717) is 19.3 Å². The molecule has 0 aliphatic heterocycles. The Morgan fingerprint density at radius 2 is 1.57 bits per heavy atom. The molecule has 7 heteroatoms. The lowest BCUT2D eigenvalue weighted by Crippen LogP contribution is -2.43. The number of carbonyl (C=O) groups excluding carboxylic acids is 1. The van der Waals surface area contributed by atoms with Crippen LogP contribution < -0.4 is 5.32 Å². The number of hydrogen-bond acceptors (Lipinski definition) is 4. The van der Waals surface area contributed by atoms with Gasteiger partial charge in [0.1, 0.15) is 11.6 Å². The molecule has 21 heavy (non-hydrogen) atoms. The number of alkyl carbamates (subject to hydrolysis) is 1. The van der Waals surface area contributed by atoms with Crippen LogP contribution in [0.1, 0.15) is 53.4 Å². The third-order valence-electron chi connectivity index (χ3n) is 2.79. The van der Waals surface area contributed by atoms with Crippen LogP contribution in [0.3, 0.4) is 0 Å². The first-order valence-corrected chi connectivity index (χ1v) is 6.98. The molecule has 0 aliphatic rings. The van der Waals surface area contributed by atoms with E-state index < -0.39 is 35.6 Å². The minimum absolute atomic E-state index is 0.237. The van der Waals surface area contributed by atoms with Crippen molar-refractivity contribution in [1.82, 2.24) is 5.32 Å². The van der Waals surface area contributed by atoms with Gasteiger partial charge in [0.05, 0.1) is 5.92 Å². The van der Waals surface area contributed by atoms with Gasteiger partial charge in [-0.25, -0.2) is 9.59 Å². The highest BCUT2D eigenvalue weighted by atomic mass is 16.6. The Hall–Kier alpha value is -1.79. The molecule has 0 aromatic carbocycles. The third-order valence-corrected chi connectivity index (χ3v) is 2.79. The molecule has 0 aromatic heterocycles. The van der Waals surface area contributed by atoms with Crippen molar-refractivity contribution < 1.29 is 29.3 Å². The number of aliphatic carboxylic acids is 2. The minimum atomic E-state index is -1.13. The summed E-state index contributed by atoms with van der Waals surface area (Å²) < 4.78 is 5.00. The van der Waals surface area contributed by atoms with Crippen molar-refractivity contribution in [1.29, 1.82) is 0 Å². The number of nitrogens with one attached hydrogen (secondary N) is 1. The van der Waals surface area contributed by atoms with Crippen molar-refractivity contribution in [2.24, 2.45) is 5.92 Å². The molecule has 7 nitrogen and oxygen atoms in total. The number of carboxylic acids is 2. The Labute approximate surface area is 124 Å². The normalized spacial score (nSPS) is 14.1. The molecule has 0 saturated heterocycles. The summed E-state index contributed by atoms with van der Waals surface area (Å²) in [5, 5.41) is 20.1. The number of amides is 1. The summed E-state index contributed by atoms with van der Waals surface area (Å²) in [5.41, 5.74) is -0.690. The second kappa shape index (κ2) is 8.49. The Morgan fingerprint density at radius 1 is 1.05 bits per heavy atom. The lowest BCUT2D eigenvalue weighted by atomic mass is 10.0. The van der Waals surface area contributed by atoms with Crippen LogP contribution in [-0.4, -0.2) is 39.9 Å². The summed E-state index contributed by atoms with van der Waals surface area (Å²) in [4.78, 5) is 33.2. The van der Waals surface area contributed by atoms with Crippen LogP contribution in [0.25, 0.3) is 0 Å². The van der Waals surface area contributed by atoms with E-state index in [1.165, 1.54) is 0 Å². The maximum absolute atomic E-state index is 11.5. The molecule has 0 unspecified atom stereocenters. The minimum Gasteiger partial charge on any atom is -0.481 e. The summed E-state index contributed by atoms with van der Waals surface area (Å²) in [6, 6.07) is -1.03. The van der Waals surface area contributed by atoms with Crippen LogP contribution in [0.2, 0.25) is 0 Å². The van der Waals surface area contributed by atoms with Gasteiger partial charge in [0.15, 0.2) is 0 Å². The summed E-state index contributed by atoms with van der Waals surface area (Å²) in [6.07, 6.45) is 1.06. The molecule has 0 saturated carbocycles. The molecule has 0 aliphatic carbocycles. The predicted molar refractivity (Wildman–Crippen MR) is 76.1 cm³/mol. The van der Waals surface area contributed by atoms with E-state index in [2.05, 4.69) is 5.32 Å². The van der Waals surface area contributed by atoms with Gasteiger partial charge in [-0.2, -0.15) is 0 Å². The lowest BCUT2D eigenvalue weighted by molar-refractivity contribution is -0.142. The summed E-state index contributed by atoms with van der Waals surface area (Å²) in [5.74, 6) is -2.45. The smallest absolute Gasteiger partial charge is 0.408 e. The van der Waals surface area contributed by atoms with Crippen LogP contribution in [0.5, 0.6) is 0 Å². The van der Waals surface area contributed by atoms with Crippen LogP contribution >= 0.6 is 0 Å². The van der Waals surface area contributed by atoms with E-state index in [4.69, 9.17) is 14.9 Å². The monoisotopic (exact) mass is 303 g/mol. The SMILES string of the molecule is C[C@@H](CCCC[C@H](NC(=O)OC(C)(C)C)C(=O)O)C(=O)O. The van der Waals surface area contributed by atoms with Crippen molar-refractivity contribution in [3.8, 4) is 0 Å². The fraction of sp³-hybridized carbons (Fsp3) is 0.786. The van der Waals surface area contributed by atoms with Crippen molar-refractivity contribution in [3.05, 3.63) is 0 Å². The van der Waals surface area contributed by atoms with Crippen molar-refractivity contribution >= 4 is 18.0 Å². The first-order chi connectivity index (χ1) is 9.53. The number of ether oxygens (including phenoxy) is 1. The van der Waals surface area contributed by atoms with E-state index in [9.17, 15) is 14.4 Å². The average Bonchev–Trinajstić information content (AvgIpc) is 2.29. The Bertz CT molecular complexity index is 374. The molecule has 0 spiro atoms. The molecule has 2 atom stereocenters. The fourth-order valence-corrected chi connectivity index (χ4v) is 1.63. The van der Waals surface area contributed by atoms with Crippen LogP contribution in [-0.2, 0) is 14.3 Å². The first-order valence-electron chi connectivity index (χ1n) is 6.98. The van der Waals surface area contributed by atoms with Crippen molar-refractivity contribution in [2.45, 2.75) is 65.0 Å². The molecular weight excluding hydrogens is 278 g/mol. The predicted octanol–water partition coefficient (Wildman–Crippen LogP) is 2.25. The largest absolute Gasteiger partial charge is 0.481 e. The molecule has 122 valence electrons. The molecule has 3 N–H and O–H groups in total. The summed E-state index contributed by atoms with van der Waals surface area (Å²) in [7, 11) is 0. The van der Waals surface area contributed by atoms with E-state index in [-0.39, 0.29) is 6.42 Å². The molecular formula is C14H25NO6. The maximum Gasteiger partial charge on any atom is 0.408 e. The molecule has 0 radical (unpaired) electrons. The van der Waals surface area contributed by atoms with Gasteiger partial charge in [0.25, 0.3) is 0 Å². The van der Waals surface area contributed by atoms with Crippen LogP contribution in [0.15, 0.2) is 0 Å². The second-order valence-electron chi connectivity index (χ2n) is 6.06. The fourth-order valence-electron chi connectivity index (χ4n) is 1.63. The van der Waals surface area contributed by atoms with Gasteiger partial charge >= 0.3 is 18.0 Å². The van der Waals surface area contributed by atoms with E-state index >= 15 is 0 Å². The summed E-state index contributed by atoms with van der Waals surface area (Å²) in [6.45, 7) is 6.68. The van der Waals surface area contributed by atoms with Gasteiger partial charge in [-0.15, -0.1) is 0 Å². The Kier molecular flexibility index (Phi) is 7.76. The highest BCUT2D eigenvalue weighted by Crippen LogP contribution is 2.12. The van der Waals surface area contributed by atoms with Crippen molar-refractivity contribution in [2.75, 3.05) is 0 Å². The maximum atomic E-state index is 11.5. The number of carbonyl (C=O) groups is 3. The molecule has 0 heterocycles. The van der Waals surface area contributed by atoms with Gasteiger partial charge in [-0.1, -0.05) is 19.8 Å². The third kappa shape index (κ3) is 9.70. The average molecular weight is 303 g/mol. The Morgan fingerprint density at radius 3 is 2.00 bits per heavy atom. The van der Waals surface area contributed by atoms with Crippen molar-refractivity contribution in [3.63, 3.8) is 0 Å². The van der Waals surface area contributed by atoms with Gasteiger partial charge < -0.3 is 20.3 Å². The quantitative estimate of drug-likeness (QED) is 0.593. The van der Waals surface area contributed by atoms with Gasteiger partial charge in [-0.05, 0) is 33.6 Å². The number of carboxylic acid groups (broad SMARTS) is 2. The molecule has 0 fully saturated rings. The first kappa shape index (κ1) is 19.2. The highest BCUT2D eigenvalue weighted by molar-refractivity contribution is 5.79. The topological polar surface area (TPSA) is 113 Å². The molecule has 1 amide bonds. The highest BCUT2D eigenvalue weighted by Gasteiger charge is 2.23. The zero-order valence-corrected chi connectivity index (χ0v) is 13.0. The second-order valence-corrected chi connectivity index (χ2v) is 6.06. The van der Waals surface area contributed by atoms with Crippen LogP contribution in [0, 0.1) is 5.92 Å². The standard InChI is InChI=1S/C14H25NO6/c1-9(11(16)17)7-5-6-8-10(12(18)19)15-13(20)21-14(2,3)4/h9-10H,5-8H2,1-4H3,(H,15,20)(H,16,17)(H,18,19)/t9-,10-/m0/s1. The lowest BCUT2D eigenvalue weighted by Gasteiger charge is -2.22. The van der Waals surface area contributed by atoms with Crippen LogP contribution in [0.4, 0.5) is 4.79 Å². The van der Waals surface area contributed by atoms with E-state index in [1.807, 2.05) is 0 Å². The van der Waals surface area contributed by atoms with E-state index in [1.54, 1.807) is 27.7 Å². The molecule has 0 aromatic rings.